The first kappa shape index (κ1) is 11.9. The van der Waals surface area contributed by atoms with Crippen LogP contribution in [0.4, 0.5) is 14.5 Å². The van der Waals surface area contributed by atoms with Gasteiger partial charge in [-0.05, 0) is 30.4 Å². The van der Waals surface area contributed by atoms with Crippen molar-refractivity contribution in [3.63, 3.8) is 0 Å². The Hall–Kier alpha value is -1.14. The summed E-state index contributed by atoms with van der Waals surface area (Å²) in [5.41, 5.74) is 5.73. The second-order valence-corrected chi connectivity index (χ2v) is 3.36. The Morgan fingerprint density at radius 2 is 2.20 bits per heavy atom. The largest absolute Gasteiger partial charge is 0.433 e. The standard InChI is InChI=1S/C8H7ClF2N2OS/c9-5-3-4(13-8(12)15)1-2-6(5)14-7(10)11/h1-3,7H,(H3,12,13,15). The number of alkyl halides is 2. The summed E-state index contributed by atoms with van der Waals surface area (Å²) in [4.78, 5) is 0. The number of hydrogen-bond donors (Lipinski definition) is 2. The third kappa shape index (κ3) is 3.85. The number of nitrogens with one attached hydrogen (secondary N) is 1. The Balaban J connectivity index is 2.83. The minimum Gasteiger partial charge on any atom is -0.433 e. The first-order chi connectivity index (χ1) is 6.99. The number of hydrogen-bond acceptors (Lipinski definition) is 2. The van der Waals surface area contributed by atoms with Crippen molar-refractivity contribution in [3.05, 3.63) is 23.2 Å². The summed E-state index contributed by atoms with van der Waals surface area (Å²) in [6, 6.07) is 4.16. The van der Waals surface area contributed by atoms with Gasteiger partial charge in [0.05, 0.1) is 5.02 Å². The zero-order valence-corrected chi connectivity index (χ0v) is 8.91. The number of rotatable bonds is 3. The van der Waals surface area contributed by atoms with Crippen LogP contribution in [-0.2, 0) is 0 Å². The van der Waals surface area contributed by atoms with Gasteiger partial charge in [0, 0.05) is 5.69 Å². The van der Waals surface area contributed by atoms with Gasteiger partial charge in [0.2, 0.25) is 0 Å². The van der Waals surface area contributed by atoms with Gasteiger partial charge in [-0.1, -0.05) is 11.6 Å². The zero-order valence-electron chi connectivity index (χ0n) is 7.34. The molecule has 0 unspecified atom stereocenters. The first-order valence-corrected chi connectivity index (χ1v) is 4.58. The van der Waals surface area contributed by atoms with Gasteiger partial charge in [-0.3, -0.25) is 0 Å². The molecule has 0 radical (unpaired) electrons. The number of thiocarbonyl (C=S) groups is 1. The quantitative estimate of drug-likeness (QED) is 0.812. The molecule has 0 saturated carbocycles. The lowest BCUT2D eigenvalue weighted by Crippen LogP contribution is -2.18. The molecule has 82 valence electrons. The molecule has 0 aliphatic heterocycles. The van der Waals surface area contributed by atoms with E-state index in [0.717, 1.165) is 0 Å². The fourth-order valence-electron chi connectivity index (χ4n) is 0.912. The average Bonchev–Trinajstić information content (AvgIpc) is 2.08. The molecule has 3 nitrogen and oxygen atoms in total. The van der Waals surface area contributed by atoms with Crippen molar-refractivity contribution in [1.82, 2.24) is 0 Å². The molecular weight excluding hydrogens is 246 g/mol. The van der Waals surface area contributed by atoms with E-state index in [9.17, 15) is 8.78 Å². The molecule has 0 spiro atoms. The Kier molecular flexibility index (Phi) is 4.05. The molecule has 15 heavy (non-hydrogen) atoms. The second-order valence-electron chi connectivity index (χ2n) is 2.51. The predicted octanol–water partition coefficient (Wildman–Crippen LogP) is 2.60. The van der Waals surface area contributed by atoms with E-state index in [1.807, 2.05) is 0 Å². The van der Waals surface area contributed by atoms with E-state index in [2.05, 4.69) is 22.3 Å². The van der Waals surface area contributed by atoms with Gasteiger partial charge in [-0.25, -0.2) is 0 Å². The number of halogens is 3. The summed E-state index contributed by atoms with van der Waals surface area (Å²) in [7, 11) is 0. The van der Waals surface area contributed by atoms with Crippen LogP contribution >= 0.6 is 23.8 Å². The Morgan fingerprint density at radius 3 is 2.67 bits per heavy atom. The van der Waals surface area contributed by atoms with Crippen molar-refractivity contribution < 1.29 is 13.5 Å². The van der Waals surface area contributed by atoms with Gasteiger partial charge in [0.25, 0.3) is 0 Å². The Morgan fingerprint density at radius 1 is 1.53 bits per heavy atom. The lowest BCUT2D eigenvalue weighted by molar-refractivity contribution is -0.0497. The first-order valence-electron chi connectivity index (χ1n) is 3.80. The smallest absolute Gasteiger partial charge is 0.387 e. The maximum absolute atomic E-state index is 11.9. The highest BCUT2D eigenvalue weighted by Crippen LogP contribution is 2.28. The molecule has 1 rings (SSSR count). The van der Waals surface area contributed by atoms with E-state index >= 15 is 0 Å². The van der Waals surface area contributed by atoms with Gasteiger partial charge in [0.15, 0.2) is 5.11 Å². The van der Waals surface area contributed by atoms with E-state index in [4.69, 9.17) is 17.3 Å². The maximum atomic E-state index is 11.9. The van der Waals surface area contributed by atoms with E-state index in [1.54, 1.807) is 0 Å². The summed E-state index contributed by atoms with van der Waals surface area (Å²) in [5.74, 6) is -0.0971. The fraction of sp³-hybridized carbons (Fsp3) is 0.125. The topological polar surface area (TPSA) is 47.3 Å². The molecule has 0 aromatic heterocycles. The summed E-state index contributed by atoms with van der Waals surface area (Å²) < 4.78 is 27.9. The summed E-state index contributed by atoms with van der Waals surface area (Å²) in [5, 5.41) is 2.72. The molecule has 0 amide bonds. The van der Waals surface area contributed by atoms with Crippen molar-refractivity contribution >= 4 is 34.6 Å². The van der Waals surface area contributed by atoms with Crippen LogP contribution in [0.15, 0.2) is 18.2 Å². The molecular formula is C8H7ClF2N2OS. The molecule has 0 heterocycles. The normalized spacial score (nSPS) is 10.1. The predicted molar refractivity (Wildman–Crippen MR) is 58.5 cm³/mol. The van der Waals surface area contributed by atoms with E-state index < -0.39 is 6.61 Å². The molecule has 0 fully saturated rings. The Bertz CT molecular complexity index is 376. The minimum absolute atomic E-state index is 0.0524. The van der Waals surface area contributed by atoms with Gasteiger partial charge in [0.1, 0.15) is 5.75 Å². The molecule has 0 saturated heterocycles. The summed E-state index contributed by atoms with van der Waals surface area (Å²) >= 11 is 10.3. The lowest BCUT2D eigenvalue weighted by Gasteiger charge is -2.08. The summed E-state index contributed by atoms with van der Waals surface area (Å²) in [6.07, 6.45) is 0. The van der Waals surface area contributed by atoms with Crippen LogP contribution < -0.4 is 15.8 Å². The van der Waals surface area contributed by atoms with Crippen molar-refractivity contribution in [1.29, 1.82) is 0 Å². The minimum atomic E-state index is -2.91. The molecule has 1 aromatic carbocycles. The van der Waals surface area contributed by atoms with Crippen molar-refractivity contribution in [3.8, 4) is 5.75 Å². The molecule has 0 aliphatic carbocycles. The SMILES string of the molecule is NC(=S)Nc1ccc(OC(F)F)c(Cl)c1. The number of anilines is 1. The van der Waals surface area contributed by atoms with E-state index in [-0.39, 0.29) is 15.9 Å². The van der Waals surface area contributed by atoms with Crippen molar-refractivity contribution in [2.75, 3.05) is 5.32 Å². The van der Waals surface area contributed by atoms with Crippen molar-refractivity contribution in [2.24, 2.45) is 5.73 Å². The van der Waals surface area contributed by atoms with Crippen LogP contribution in [0.1, 0.15) is 0 Å². The van der Waals surface area contributed by atoms with Crippen LogP contribution in [0, 0.1) is 0 Å². The monoisotopic (exact) mass is 252 g/mol. The molecule has 1 aromatic rings. The number of nitrogens with two attached hydrogens (primary N) is 1. The van der Waals surface area contributed by atoms with E-state index in [0.29, 0.717) is 5.69 Å². The van der Waals surface area contributed by atoms with Crippen LogP contribution in [0.2, 0.25) is 5.02 Å². The van der Waals surface area contributed by atoms with Crippen LogP contribution in [0.3, 0.4) is 0 Å². The number of ether oxygens (including phenoxy) is 1. The summed E-state index contributed by atoms with van der Waals surface area (Å²) in [6.45, 7) is -2.91. The van der Waals surface area contributed by atoms with Gasteiger partial charge < -0.3 is 15.8 Å². The average molecular weight is 253 g/mol. The van der Waals surface area contributed by atoms with Gasteiger partial charge in [-0.2, -0.15) is 8.78 Å². The highest BCUT2D eigenvalue weighted by molar-refractivity contribution is 7.80. The van der Waals surface area contributed by atoms with Crippen LogP contribution in [-0.4, -0.2) is 11.7 Å². The van der Waals surface area contributed by atoms with Crippen LogP contribution in [0.5, 0.6) is 5.75 Å². The zero-order chi connectivity index (χ0) is 11.4. The highest BCUT2D eigenvalue weighted by atomic mass is 35.5. The molecule has 7 heteroatoms. The molecule has 0 aliphatic rings. The molecule has 3 N–H and O–H groups in total. The Labute approximate surface area is 95.2 Å². The van der Waals surface area contributed by atoms with Crippen molar-refractivity contribution in [2.45, 2.75) is 6.61 Å². The fourth-order valence-corrected chi connectivity index (χ4v) is 1.26. The third-order valence-corrected chi connectivity index (χ3v) is 1.81. The van der Waals surface area contributed by atoms with Crippen LogP contribution in [0.25, 0.3) is 0 Å². The second kappa shape index (κ2) is 5.09. The lowest BCUT2D eigenvalue weighted by atomic mass is 10.3. The van der Waals surface area contributed by atoms with Gasteiger partial charge in [-0.15, -0.1) is 0 Å². The molecule has 0 bridgehead atoms. The maximum Gasteiger partial charge on any atom is 0.387 e. The molecule has 0 atom stereocenters. The van der Waals surface area contributed by atoms with Gasteiger partial charge >= 0.3 is 6.61 Å². The third-order valence-electron chi connectivity index (χ3n) is 1.42. The van der Waals surface area contributed by atoms with E-state index in [1.165, 1.54) is 18.2 Å². The number of benzene rings is 1. The highest BCUT2D eigenvalue weighted by Gasteiger charge is 2.08.